The molecular weight excluding hydrogens is 426 g/mol. The number of hydrogen-bond acceptors (Lipinski definition) is 3. The predicted molar refractivity (Wildman–Crippen MR) is 133 cm³/mol. The molecule has 4 aromatic carbocycles. The van der Waals surface area contributed by atoms with Gasteiger partial charge in [-0.15, -0.1) is 0 Å². The summed E-state index contributed by atoms with van der Waals surface area (Å²) in [7, 11) is 0. The third kappa shape index (κ3) is 3.46. The van der Waals surface area contributed by atoms with Crippen molar-refractivity contribution in [1.82, 2.24) is 0 Å². The maximum absolute atomic E-state index is 13.5. The molecule has 0 spiro atoms. The van der Waals surface area contributed by atoms with Crippen molar-refractivity contribution < 1.29 is 9.59 Å². The van der Waals surface area contributed by atoms with Gasteiger partial charge in [0.15, 0.2) is 0 Å². The van der Waals surface area contributed by atoms with Crippen molar-refractivity contribution >= 4 is 40.0 Å². The second kappa shape index (κ2) is 8.20. The third-order valence-corrected chi connectivity index (χ3v) is 7.90. The Morgan fingerprint density at radius 2 is 1.39 bits per heavy atom. The SMILES string of the molecule is O=C1c2cccc3c(Sc4ccccc4)ccc(c23)C(=O)N1c1ccc(C2CCCC2)cc1. The Hall–Kier alpha value is -3.37. The highest BCUT2D eigenvalue weighted by Gasteiger charge is 2.34. The molecule has 2 aliphatic rings. The molecule has 6 rings (SSSR count). The van der Waals surface area contributed by atoms with Gasteiger partial charge < -0.3 is 0 Å². The molecule has 1 heterocycles. The zero-order valence-electron chi connectivity index (χ0n) is 18.2. The molecule has 1 fully saturated rings. The molecule has 2 amide bonds. The van der Waals surface area contributed by atoms with E-state index in [2.05, 4.69) is 24.3 Å². The highest BCUT2D eigenvalue weighted by Crippen LogP contribution is 2.40. The first-order chi connectivity index (χ1) is 16.2. The summed E-state index contributed by atoms with van der Waals surface area (Å²) in [4.78, 5) is 30.5. The Kier molecular flexibility index (Phi) is 5.03. The number of imide groups is 1. The van der Waals surface area contributed by atoms with E-state index in [9.17, 15) is 9.59 Å². The van der Waals surface area contributed by atoms with Crippen molar-refractivity contribution in [3.63, 3.8) is 0 Å². The van der Waals surface area contributed by atoms with Gasteiger partial charge in [-0.25, -0.2) is 4.90 Å². The van der Waals surface area contributed by atoms with Crippen LogP contribution in [-0.2, 0) is 0 Å². The van der Waals surface area contributed by atoms with Crippen LogP contribution in [0.3, 0.4) is 0 Å². The van der Waals surface area contributed by atoms with E-state index in [0.717, 1.165) is 20.6 Å². The molecular formula is C29H23NO2S. The molecule has 1 aliphatic carbocycles. The second-order valence-electron chi connectivity index (χ2n) is 8.77. The van der Waals surface area contributed by atoms with E-state index in [-0.39, 0.29) is 11.8 Å². The first kappa shape index (κ1) is 20.3. The molecule has 162 valence electrons. The summed E-state index contributed by atoms with van der Waals surface area (Å²) in [5.41, 5.74) is 3.10. The highest BCUT2D eigenvalue weighted by molar-refractivity contribution is 7.99. The van der Waals surface area contributed by atoms with Gasteiger partial charge in [0.2, 0.25) is 0 Å². The van der Waals surface area contributed by atoms with Gasteiger partial charge in [0.05, 0.1) is 5.69 Å². The fraction of sp³-hybridized carbons (Fsp3) is 0.172. The van der Waals surface area contributed by atoms with Crippen molar-refractivity contribution in [2.75, 3.05) is 4.90 Å². The monoisotopic (exact) mass is 449 g/mol. The molecule has 0 unspecified atom stereocenters. The summed E-state index contributed by atoms with van der Waals surface area (Å²) >= 11 is 1.65. The minimum Gasteiger partial charge on any atom is -0.268 e. The molecule has 0 aromatic heterocycles. The first-order valence-corrected chi connectivity index (χ1v) is 12.3. The van der Waals surface area contributed by atoms with Crippen LogP contribution in [-0.4, -0.2) is 11.8 Å². The lowest BCUT2D eigenvalue weighted by molar-refractivity contribution is 0.0893. The normalized spacial score (nSPS) is 16.1. The smallest absolute Gasteiger partial charge is 0.265 e. The van der Waals surface area contributed by atoms with Crippen LogP contribution < -0.4 is 4.90 Å². The van der Waals surface area contributed by atoms with Gasteiger partial charge >= 0.3 is 0 Å². The van der Waals surface area contributed by atoms with E-state index in [4.69, 9.17) is 0 Å². The van der Waals surface area contributed by atoms with Crippen LogP contribution in [0.5, 0.6) is 0 Å². The van der Waals surface area contributed by atoms with Gasteiger partial charge in [-0.1, -0.05) is 67.1 Å². The lowest BCUT2D eigenvalue weighted by Gasteiger charge is -2.28. The van der Waals surface area contributed by atoms with Crippen molar-refractivity contribution in [1.29, 1.82) is 0 Å². The molecule has 4 aromatic rings. The van der Waals surface area contributed by atoms with Crippen LogP contribution in [0.1, 0.15) is 57.9 Å². The van der Waals surface area contributed by atoms with E-state index in [0.29, 0.717) is 22.7 Å². The Labute approximate surface area is 197 Å². The summed E-state index contributed by atoms with van der Waals surface area (Å²) in [6.07, 6.45) is 5.00. The molecule has 1 saturated carbocycles. The molecule has 0 radical (unpaired) electrons. The Morgan fingerprint density at radius 3 is 2.12 bits per heavy atom. The zero-order valence-corrected chi connectivity index (χ0v) is 19.0. The van der Waals surface area contributed by atoms with Crippen LogP contribution in [0.15, 0.2) is 94.7 Å². The summed E-state index contributed by atoms with van der Waals surface area (Å²) in [6, 6.07) is 27.8. The van der Waals surface area contributed by atoms with Crippen molar-refractivity contribution in [3.05, 3.63) is 102 Å². The van der Waals surface area contributed by atoms with Crippen LogP contribution in [0.25, 0.3) is 10.8 Å². The van der Waals surface area contributed by atoms with Gasteiger partial charge in [-0.3, -0.25) is 9.59 Å². The number of amides is 2. The lowest BCUT2D eigenvalue weighted by Crippen LogP contribution is -2.40. The standard InChI is InChI=1S/C29H23NO2S/c31-28-24-12-6-11-23-26(33-22-9-2-1-3-10-22)18-17-25(27(23)24)29(32)30(28)21-15-13-20(14-16-21)19-7-4-5-8-19/h1-3,6,9-19H,4-5,7-8H2. The van der Waals surface area contributed by atoms with Gasteiger partial charge in [0, 0.05) is 26.3 Å². The van der Waals surface area contributed by atoms with Crippen LogP contribution in [0, 0.1) is 0 Å². The largest absolute Gasteiger partial charge is 0.268 e. The number of carbonyl (C=O) groups is 2. The third-order valence-electron chi connectivity index (χ3n) is 6.82. The quantitative estimate of drug-likeness (QED) is 0.304. The van der Waals surface area contributed by atoms with E-state index < -0.39 is 0 Å². The number of anilines is 1. The average Bonchev–Trinajstić information content (AvgIpc) is 3.39. The second-order valence-corrected chi connectivity index (χ2v) is 9.89. The summed E-state index contributed by atoms with van der Waals surface area (Å²) in [5, 5.41) is 1.70. The Bertz CT molecular complexity index is 1350. The fourth-order valence-corrected chi connectivity index (χ4v) is 6.13. The minimum atomic E-state index is -0.256. The van der Waals surface area contributed by atoms with Crippen molar-refractivity contribution in [3.8, 4) is 0 Å². The number of benzene rings is 4. The minimum absolute atomic E-state index is 0.256. The number of nitrogens with zero attached hydrogens (tertiary/aromatic N) is 1. The van der Waals surface area contributed by atoms with E-state index in [1.54, 1.807) is 11.8 Å². The van der Waals surface area contributed by atoms with Crippen LogP contribution >= 0.6 is 11.8 Å². The fourth-order valence-electron chi connectivity index (χ4n) is 5.16. The summed E-state index contributed by atoms with van der Waals surface area (Å²) in [6.45, 7) is 0. The maximum Gasteiger partial charge on any atom is 0.265 e. The molecule has 4 heteroatoms. The summed E-state index contributed by atoms with van der Waals surface area (Å²) < 4.78 is 0. The van der Waals surface area contributed by atoms with Gasteiger partial charge in [0.25, 0.3) is 11.8 Å². The molecule has 0 bridgehead atoms. The molecule has 0 atom stereocenters. The molecule has 0 saturated heterocycles. The maximum atomic E-state index is 13.5. The molecule has 33 heavy (non-hydrogen) atoms. The molecule has 3 nitrogen and oxygen atoms in total. The lowest BCUT2D eigenvalue weighted by atomic mass is 9.93. The van der Waals surface area contributed by atoms with E-state index in [1.807, 2.05) is 60.7 Å². The van der Waals surface area contributed by atoms with E-state index in [1.165, 1.54) is 36.1 Å². The Morgan fingerprint density at radius 1 is 0.697 bits per heavy atom. The first-order valence-electron chi connectivity index (χ1n) is 11.5. The van der Waals surface area contributed by atoms with Crippen LogP contribution in [0.2, 0.25) is 0 Å². The zero-order chi connectivity index (χ0) is 22.4. The number of rotatable bonds is 4. The van der Waals surface area contributed by atoms with Crippen molar-refractivity contribution in [2.24, 2.45) is 0 Å². The average molecular weight is 450 g/mol. The van der Waals surface area contributed by atoms with Gasteiger partial charge in [-0.05, 0) is 72.2 Å². The topological polar surface area (TPSA) is 37.4 Å². The Balaban J connectivity index is 1.40. The molecule has 0 N–H and O–H groups in total. The predicted octanol–water partition coefficient (Wildman–Crippen LogP) is 7.45. The van der Waals surface area contributed by atoms with Gasteiger partial charge in [0.1, 0.15) is 0 Å². The highest BCUT2D eigenvalue weighted by atomic mass is 32.2. The van der Waals surface area contributed by atoms with Gasteiger partial charge in [-0.2, -0.15) is 0 Å². The van der Waals surface area contributed by atoms with Crippen molar-refractivity contribution in [2.45, 2.75) is 41.4 Å². The number of hydrogen-bond donors (Lipinski definition) is 0. The molecule has 1 aliphatic heterocycles. The van der Waals surface area contributed by atoms with E-state index >= 15 is 0 Å². The number of carbonyl (C=O) groups excluding carboxylic acids is 2. The van der Waals surface area contributed by atoms with Crippen LogP contribution in [0.4, 0.5) is 5.69 Å². The summed E-state index contributed by atoms with van der Waals surface area (Å²) in [5.74, 6) is 0.0870.